The number of primary amides is 1. The fourth-order valence-electron chi connectivity index (χ4n) is 4.48. The molecule has 2 aromatic rings. The number of halogens is 6. The third-order valence-electron chi connectivity index (χ3n) is 6.47. The van der Waals surface area contributed by atoms with Crippen LogP contribution in [0.25, 0.3) is 0 Å². The molecule has 1 aliphatic heterocycles. The van der Waals surface area contributed by atoms with E-state index in [4.69, 9.17) is 10.5 Å². The molecular formula is C27H28F6N4O4. The molecule has 0 saturated carbocycles. The highest BCUT2D eigenvalue weighted by Crippen LogP contribution is 2.32. The average Bonchev–Trinajstić information content (AvgIpc) is 3.02. The van der Waals surface area contributed by atoms with Gasteiger partial charge in [-0.25, -0.2) is 4.99 Å². The maximum Gasteiger partial charge on any atom is 0.389 e. The standard InChI is InChI=1S/C27H28F6N4O4/c1-41-16-9-10-19-20(14-16)35-25(40)23(36-21(19)15-6-3-2-4-7-15)37-24(39)18(11-13-27(31,32)33)17(22(34)38)8-5-12-26(28,29)30/h2-4,6-7,9-10,14,17-18,23H,5,8,11-13H2,1H3,(H2,34,38)(H,35,40)(H,37,39). The highest BCUT2D eigenvalue weighted by molar-refractivity contribution is 6.20. The minimum Gasteiger partial charge on any atom is -0.497 e. The molecule has 222 valence electrons. The first-order chi connectivity index (χ1) is 19.2. The summed E-state index contributed by atoms with van der Waals surface area (Å²) in [5.41, 5.74) is 6.88. The summed E-state index contributed by atoms with van der Waals surface area (Å²) in [6, 6.07) is 13.3. The van der Waals surface area contributed by atoms with Crippen LogP contribution in [-0.4, -0.2) is 49.1 Å². The minimum absolute atomic E-state index is 0.260. The average molecular weight is 587 g/mol. The highest BCUT2D eigenvalue weighted by Gasteiger charge is 2.39. The maximum atomic E-state index is 13.3. The van der Waals surface area contributed by atoms with Crippen LogP contribution in [0, 0.1) is 11.8 Å². The summed E-state index contributed by atoms with van der Waals surface area (Å²) < 4.78 is 82.5. The SMILES string of the molecule is COc1ccc2c(c1)NC(=O)C(NC(=O)C(CCC(F)(F)F)C(CCCC(F)(F)F)C(N)=O)N=C2c1ccccc1. The molecule has 0 spiro atoms. The van der Waals surface area contributed by atoms with E-state index in [0.29, 0.717) is 16.9 Å². The second-order valence-electron chi connectivity index (χ2n) is 9.43. The zero-order valence-corrected chi connectivity index (χ0v) is 21.8. The molecule has 2 aromatic carbocycles. The molecule has 1 heterocycles. The normalized spacial score (nSPS) is 16.9. The van der Waals surface area contributed by atoms with E-state index in [1.54, 1.807) is 42.5 Å². The maximum absolute atomic E-state index is 13.3. The van der Waals surface area contributed by atoms with Crippen LogP contribution in [0.1, 0.15) is 43.2 Å². The molecule has 4 N–H and O–H groups in total. The van der Waals surface area contributed by atoms with Crippen LogP contribution in [-0.2, 0) is 14.4 Å². The van der Waals surface area contributed by atoms with Crippen LogP contribution in [0.5, 0.6) is 5.75 Å². The van der Waals surface area contributed by atoms with Crippen molar-refractivity contribution < 1.29 is 45.5 Å². The third kappa shape index (κ3) is 8.95. The topological polar surface area (TPSA) is 123 Å². The van der Waals surface area contributed by atoms with Crippen LogP contribution in [0.4, 0.5) is 32.0 Å². The van der Waals surface area contributed by atoms with Gasteiger partial charge in [-0.15, -0.1) is 0 Å². The van der Waals surface area contributed by atoms with Gasteiger partial charge in [-0.2, -0.15) is 26.3 Å². The summed E-state index contributed by atoms with van der Waals surface area (Å²) in [5.74, 6) is -6.27. The van der Waals surface area contributed by atoms with Crippen molar-refractivity contribution in [3.63, 3.8) is 0 Å². The number of benzene rings is 2. The van der Waals surface area contributed by atoms with E-state index in [1.165, 1.54) is 13.2 Å². The smallest absolute Gasteiger partial charge is 0.389 e. The Kier molecular flexibility index (Phi) is 10.00. The highest BCUT2D eigenvalue weighted by atomic mass is 19.4. The Labute approximate surface area is 231 Å². The molecule has 41 heavy (non-hydrogen) atoms. The number of rotatable bonds is 11. The molecule has 0 saturated heterocycles. The number of alkyl halides is 6. The number of amides is 3. The molecule has 1 aliphatic rings. The second kappa shape index (κ2) is 13.0. The fourth-order valence-corrected chi connectivity index (χ4v) is 4.48. The van der Waals surface area contributed by atoms with E-state index in [-0.39, 0.29) is 11.4 Å². The Bertz CT molecular complexity index is 1280. The Morgan fingerprint density at radius 2 is 1.66 bits per heavy atom. The van der Waals surface area contributed by atoms with Crippen LogP contribution in [0.3, 0.4) is 0 Å². The quantitative estimate of drug-likeness (QED) is 0.330. The molecule has 0 aromatic heterocycles. The van der Waals surface area contributed by atoms with Gasteiger partial charge < -0.3 is 21.1 Å². The molecule has 0 bridgehead atoms. The first-order valence-electron chi connectivity index (χ1n) is 12.5. The fraction of sp³-hybridized carbons (Fsp3) is 0.407. The van der Waals surface area contributed by atoms with Gasteiger partial charge in [0.2, 0.25) is 18.0 Å². The van der Waals surface area contributed by atoms with Crippen LogP contribution in [0.2, 0.25) is 0 Å². The van der Waals surface area contributed by atoms with Gasteiger partial charge in [0.05, 0.1) is 18.5 Å². The molecule has 3 rings (SSSR count). The summed E-state index contributed by atoms with van der Waals surface area (Å²) in [6.07, 6.45) is -15.9. The summed E-state index contributed by atoms with van der Waals surface area (Å²) in [6.45, 7) is 0. The van der Waals surface area contributed by atoms with Crippen LogP contribution < -0.4 is 21.1 Å². The van der Waals surface area contributed by atoms with Gasteiger partial charge in [0.25, 0.3) is 5.91 Å². The number of methoxy groups -OCH3 is 1. The lowest BCUT2D eigenvalue weighted by molar-refractivity contribution is -0.147. The van der Waals surface area contributed by atoms with E-state index in [1.807, 2.05) is 0 Å². The van der Waals surface area contributed by atoms with Crippen molar-refractivity contribution in [2.24, 2.45) is 22.6 Å². The molecular weight excluding hydrogens is 558 g/mol. The zero-order valence-electron chi connectivity index (χ0n) is 21.8. The lowest BCUT2D eigenvalue weighted by Gasteiger charge is -2.26. The van der Waals surface area contributed by atoms with Gasteiger partial charge in [-0.3, -0.25) is 14.4 Å². The number of aliphatic imine (C=N–C) groups is 1. The molecule has 8 nitrogen and oxygen atoms in total. The Morgan fingerprint density at radius 3 is 2.24 bits per heavy atom. The second-order valence-corrected chi connectivity index (χ2v) is 9.43. The Balaban J connectivity index is 1.96. The molecule has 0 fully saturated rings. The molecule has 3 atom stereocenters. The van der Waals surface area contributed by atoms with Crippen molar-refractivity contribution in [2.75, 3.05) is 12.4 Å². The van der Waals surface area contributed by atoms with Crippen LogP contribution >= 0.6 is 0 Å². The summed E-state index contributed by atoms with van der Waals surface area (Å²) >= 11 is 0. The van der Waals surface area contributed by atoms with E-state index in [9.17, 15) is 40.7 Å². The summed E-state index contributed by atoms with van der Waals surface area (Å²) in [5, 5.41) is 4.89. The van der Waals surface area contributed by atoms with Gasteiger partial charge in [0.1, 0.15) is 5.75 Å². The van der Waals surface area contributed by atoms with Gasteiger partial charge in [-0.1, -0.05) is 30.3 Å². The van der Waals surface area contributed by atoms with Gasteiger partial charge in [-0.05, 0) is 31.4 Å². The monoisotopic (exact) mass is 586 g/mol. The minimum atomic E-state index is -4.73. The number of hydrogen-bond donors (Lipinski definition) is 3. The van der Waals surface area contributed by atoms with Crippen molar-refractivity contribution in [3.05, 3.63) is 59.7 Å². The van der Waals surface area contributed by atoms with E-state index in [0.717, 1.165) is 0 Å². The number of nitrogens with zero attached hydrogens (tertiary/aromatic N) is 1. The van der Waals surface area contributed by atoms with Gasteiger partial charge in [0.15, 0.2) is 0 Å². The number of ether oxygens (including phenoxy) is 1. The van der Waals surface area contributed by atoms with Gasteiger partial charge >= 0.3 is 12.4 Å². The summed E-state index contributed by atoms with van der Waals surface area (Å²) in [7, 11) is 1.42. The number of carbonyl (C=O) groups excluding carboxylic acids is 3. The Morgan fingerprint density at radius 1 is 1.00 bits per heavy atom. The predicted octanol–water partition coefficient (Wildman–Crippen LogP) is 4.72. The number of benzodiazepines with no additional fused rings is 1. The van der Waals surface area contributed by atoms with E-state index < -0.39 is 80.2 Å². The van der Waals surface area contributed by atoms with Crippen molar-refractivity contribution in [1.82, 2.24) is 5.32 Å². The van der Waals surface area contributed by atoms with Crippen molar-refractivity contribution in [1.29, 1.82) is 0 Å². The first kappa shape index (κ1) is 31.4. The van der Waals surface area contributed by atoms with Crippen molar-refractivity contribution in [3.8, 4) is 5.75 Å². The van der Waals surface area contributed by atoms with E-state index >= 15 is 0 Å². The van der Waals surface area contributed by atoms with Crippen molar-refractivity contribution >= 4 is 29.1 Å². The number of anilines is 1. The molecule has 3 amide bonds. The molecule has 0 aliphatic carbocycles. The molecule has 0 radical (unpaired) electrons. The van der Waals surface area contributed by atoms with E-state index in [2.05, 4.69) is 15.6 Å². The number of fused-ring (bicyclic) bond motifs is 1. The predicted molar refractivity (Wildman–Crippen MR) is 137 cm³/mol. The van der Waals surface area contributed by atoms with Crippen LogP contribution in [0.15, 0.2) is 53.5 Å². The van der Waals surface area contributed by atoms with Crippen molar-refractivity contribution in [2.45, 2.75) is 50.6 Å². The Hall–Kier alpha value is -4.10. The zero-order chi connectivity index (χ0) is 30.4. The number of hydrogen-bond acceptors (Lipinski definition) is 5. The summed E-state index contributed by atoms with van der Waals surface area (Å²) in [4.78, 5) is 43.0. The lowest BCUT2D eigenvalue weighted by atomic mass is 9.83. The molecule has 3 unspecified atom stereocenters. The number of nitrogens with one attached hydrogen (secondary N) is 2. The first-order valence-corrected chi connectivity index (χ1v) is 12.5. The number of carbonyl (C=O) groups is 3. The largest absolute Gasteiger partial charge is 0.497 e. The third-order valence-corrected chi connectivity index (χ3v) is 6.47. The molecule has 14 heteroatoms. The number of nitrogens with two attached hydrogens (primary N) is 1. The lowest BCUT2D eigenvalue weighted by Crippen LogP contribution is -2.48. The van der Waals surface area contributed by atoms with Gasteiger partial charge in [0, 0.05) is 41.9 Å².